The van der Waals surface area contributed by atoms with Crippen LogP contribution < -0.4 is 10.2 Å². The van der Waals surface area contributed by atoms with Crippen molar-refractivity contribution in [3.8, 4) is 0 Å². The van der Waals surface area contributed by atoms with Crippen LogP contribution in [0.1, 0.15) is 26.2 Å². The maximum Gasteiger partial charge on any atom is 0.242 e. The predicted octanol–water partition coefficient (Wildman–Crippen LogP) is 1.89. The molecule has 0 radical (unpaired) electrons. The van der Waals surface area contributed by atoms with Crippen molar-refractivity contribution < 1.29 is 9.59 Å². The third kappa shape index (κ3) is 4.49. The number of carbonyl (C=O) groups excluding carboxylic acids is 2. The van der Waals surface area contributed by atoms with Gasteiger partial charge in [-0.05, 0) is 36.8 Å². The van der Waals surface area contributed by atoms with Crippen LogP contribution in [0.2, 0.25) is 0 Å². The summed E-state index contributed by atoms with van der Waals surface area (Å²) in [7, 11) is 0. The molecule has 1 heterocycles. The van der Waals surface area contributed by atoms with E-state index in [2.05, 4.69) is 29.3 Å². The first-order chi connectivity index (χ1) is 11.6. The number of nitrogens with one attached hydrogen (secondary N) is 1. The van der Waals surface area contributed by atoms with E-state index in [0.717, 1.165) is 19.0 Å². The summed E-state index contributed by atoms with van der Waals surface area (Å²) in [5.41, 5.74) is 1.20. The smallest absolute Gasteiger partial charge is 0.242 e. The summed E-state index contributed by atoms with van der Waals surface area (Å²) < 4.78 is 0. The van der Waals surface area contributed by atoms with Crippen LogP contribution in [0.4, 0.5) is 5.69 Å². The molecular formula is C19H27N3O2. The number of nitrogens with zero attached hydrogens (tertiary/aromatic N) is 2. The number of benzene rings is 1. The van der Waals surface area contributed by atoms with Gasteiger partial charge in [0.1, 0.15) is 0 Å². The Morgan fingerprint density at radius 3 is 2.42 bits per heavy atom. The highest BCUT2D eigenvalue weighted by Crippen LogP contribution is 2.37. The first-order valence-electron chi connectivity index (χ1n) is 8.98. The molecule has 5 heteroatoms. The fourth-order valence-corrected chi connectivity index (χ4v) is 3.34. The minimum Gasteiger partial charge on any atom is -0.368 e. The largest absolute Gasteiger partial charge is 0.368 e. The predicted molar refractivity (Wildman–Crippen MR) is 94.7 cm³/mol. The number of rotatable bonds is 6. The molecule has 2 aliphatic rings. The van der Waals surface area contributed by atoms with Gasteiger partial charge in [-0.3, -0.25) is 9.59 Å². The Morgan fingerprint density at radius 1 is 1.12 bits per heavy atom. The molecule has 130 valence electrons. The lowest BCUT2D eigenvalue weighted by atomic mass is 10.0. The van der Waals surface area contributed by atoms with Gasteiger partial charge in [-0.15, -0.1) is 0 Å². The standard InChI is InChI=1S/C19H27N3O2/c1-15(16-7-8-16)13-18(23)20-14-19(24)22-11-9-21(10-12-22)17-5-3-2-4-6-17/h2-6,15-16H,7-14H2,1H3,(H,20,23). The summed E-state index contributed by atoms with van der Waals surface area (Å²) in [6.07, 6.45) is 3.04. The van der Waals surface area contributed by atoms with Gasteiger partial charge in [0.2, 0.25) is 11.8 Å². The van der Waals surface area contributed by atoms with Crippen molar-refractivity contribution in [1.82, 2.24) is 10.2 Å². The van der Waals surface area contributed by atoms with E-state index in [-0.39, 0.29) is 18.4 Å². The molecule has 0 spiro atoms. The number of hydrogen-bond acceptors (Lipinski definition) is 3. The molecule has 1 aliphatic heterocycles. The van der Waals surface area contributed by atoms with Crippen LogP contribution in [0.3, 0.4) is 0 Å². The third-order valence-corrected chi connectivity index (χ3v) is 5.12. The van der Waals surface area contributed by atoms with Crippen molar-refractivity contribution in [3.05, 3.63) is 30.3 Å². The summed E-state index contributed by atoms with van der Waals surface area (Å²) in [6.45, 7) is 5.35. The highest BCUT2D eigenvalue weighted by Gasteiger charge is 2.29. The van der Waals surface area contributed by atoms with Crippen LogP contribution in [0, 0.1) is 11.8 Å². The lowest BCUT2D eigenvalue weighted by molar-refractivity contribution is -0.133. The van der Waals surface area contributed by atoms with Crippen LogP contribution in [-0.4, -0.2) is 49.4 Å². The summed E-state index contributed by atoms with van der Waals surface area (Å²) in [5, 5.41) is 2.79. The van der Waals surface area contributed by atoms with Crippen LogP contribution in [0.5, 0.6) is 0 Å². The van der Waals surface area contributed by atoms with Gasteiger partial charge in [-0.2, -0.15) is 0 Å². The average Bonchev–Trinajstić information content (AvgIpc) is 3.46. The van der Waals surface area contributed by atoms with E-state index >= 15 is 0 Å². The zero-order chi connectivity index (χ0) is 16.9. The van der Waals surface area contributed by atoms with E-state index in [4.69, 9.17) is 0 Å². The molecule has 3 rings (SSSR count). The number of amides is 2. The molecule has 1 aliphatic carbocycles. The van der Waals surface area contributed by atoms with Gasteiger partial charge in [-0.1, -0.05) is 25.1 Å². The number of carbonyl (C=O) groups is 2. The topological polar surface area (TPSA) is 52.7 Å². The molecule has 2 amide bonds. The SMILES string of the molecule is CC(CC(=O)NCC(=O)N1CCN(c2ccccc2)CC1)C1CC1. The summed E-state index contributed by atoms with van der Waals surface area (Å²) in [4.78, 5) is 28.3. The Kier molecular flexibility index (Phi) is 5.38. The first-order valence-corrected chi connectivity index (χ1v) is 8.98. The van der Waals surface area contributed by atoms with Gasteiger partial charge in [0.25, 0.3) is 0 Å². The molecule has 1 aromatic carbocycles. The minimum atomic E-state index is 0.00525. The van der Waals surface area contributed by atoms with E-state index in [1.165, 1.54) is 18.5 Å². The second-order valence-corrected chi connectivity index (χ2v) is 7.00. The van der Waals surface area contributed by atoms with Gasteiger partial charge in [0, 0.05) is 38.3 Å². The molecule has 1 aromatic rings. The van der Waals surface area contributed by atoms with E-state index in [1.807, 2.05) is 23.1 Å². The molecule has 1 atom stereocenters. The summed E-state index contributed by atoms with van der Waals surface area (Å²) in [5.74, 6) is 1.19. The summed E-state index contributed by atoms with van der Waals surface area (Å²) >= 11 is 0. The number of anilines is 1. The van der Waals surface area contributed by atoms with Gasteiger partial charge < -0.3 is 15.1 Å². The van der Waals surface area contributed by atoms with Crippen LogP contribution >= 0.6 is 0 Å². The van der Waals surface area contributed by atoms with Crippen molar-refractivity contribution >= 4 is 17.5 Å². The van der Waals surface area contributed by atoms with Crippen molar-refractivity contribution in [3.63, 3.8) is 0 Å². The lowest BCUT2D eigenvalue weighted by Crippen LogP contribution is -2.51. The molecule has 1 saturated heterocycles. The van der Waals surface area contributed by atoms with Gasteiger partial charge in [0.05, 0.1) is 6.54 Å². The lowest BCUT2D eigenvalue weighted by Gasteiger charge is -2.36. The molecule has 5 nitrogen and oxygen atoms in total. The second kappa shape index (κ2) is 7.69. The number of hydrogen-bond donors (Lipinski definition) is 1. The number of piperazine rings is 1. The molecule has 0 aromatic heterocycles. The molecule has 0 bridgehead atoms. The molecule has 2 fully saturated rings. The van der Waals surface area contributed by atoms with Gasteiger partial charge in [-0.25, -0.2) is 0 Å². The average molecular weight is 329 g/mol. The van der Waals surface area contributed by atoms with Crippen LogP contribution in [0.15, 0.2) is 30.3 Å². The fraction of sp³-hybridized carbons (Fsp3) is 0.579. The van der Waals surface area contributed by atoms with E-state index in [0.29, 0.717) is 25.4 Å². The molecular weight excluding hydrogens is 302 g/mol. The Bertz CT molecular complexity index is 563. The van der Waals surface area contributed by atoms with Gasteiger partial charge in [0.15, 0.2) is 0 Å². The maximum atomic E-state index is 12.3. The molecule has 1 saturated carbocycles. The first kappa shape index (κ1) is 16.8. The van der Waals surface area contributed by atoms with Crippen molar-refractivity contribution in [2.24, 2.45) is 11.8 Å². The Balaban J connectivity index is 1.38. The zero-order valence-electron chi connectivity index (χ0n) is 14.4. The van der Waals surface area contributed by atoms with Crippen molar-refractivity contribution in [2.45, 2.75) is 26.2 Å². The Labute approximate surface area is 144 Å². The van der Waals surface area contributed by atoms with Crippen molar-refractivity contribution in [1.29, 1.82) is 0 Å². The minimum absolute atomic E-state index is 0.00525. The Morgan fingerprint density at radius 2 is 1.79 bits per heavy atom. The quantitative estimate of drug-likeness (QED) is 0.867. The zero-order valence-corrected chi connectivity index (χ0v) is 14.4. The molecule has 1 unspecified atom stereocenters. The van der Waals surface area contributed by atoms with Gasteiger partial charge >= 0.3 is 0 Å². The molecule has 24 heavy (non-hydrogen) atoms. The maximum absolute atomic E-state index is 12.3. The van der Waals surface area contributed by atoms with E-state index in [9.17, 15) is 9.59 Å². The number of para-hydroxylation sites is 1. The van der Waals surface area contributed by atoms with Crippen LogP contribution in [0.25, 0.3) is 0 Å². The third-order valence-electron chi connectivity index (χ3n) is 5.12. The highest BCUT2D eigenvalue weighted by molar-refractivity contribution is 5.85. The molecule has 1 N–H and O–H groups in total. The normalized spacial score (nSPS) is 19.0. The summed E-state index contributed by atoms with van der Waals surface area (Å²) in [6, 6.07) is 10.3. The highest BCUT2D eigenvalue weighted by atomic mass is 16.2. The van der Waals surface area contributed by atoms with Crippen LogP contribution in [-0.2, 0) is 9.59 Å². The second-order valence-electron chi connectivity index (χ2n) is 7.00. The monoisotopic (exact) mass is 329 g/mol. The van der Waals surface area contributed by atoms with Crippen molar-refractivity contribution in [2.75, 3.05) is 37.6 Å². The van der Waals surface area contributed by atoms with E-state index in [1.54, 1.807) is 0 Å². The van der Waals surface area contributed by atoms with E-state index < -0.39 is 0 Å². The fourth-order valence-electron chi connectivity index (χ4n) is 3.34. The Hall–Kier alpha value is -2.04.